The quantitative estimate of drug-likeness (QED) is 0.476. The molecule has 2 heterocycles. The molecule has 2 aromatic heterocycles. The van der Waals surface area contributed by atoms with Crippen LogP contribution in [0.15, 0.2) is 82.7 Å². The number of hydrogen-bond donors (Lipinski definition) is 1. The Kier molecular flexibility index (Phi) is 4.94. The number of nitrogens with zero attached hydrogens (tertiary/aromatic N) is 2. The highest BCUT2D eigenvalue weighted by molar-refractivity contribution is 7.99. The highest BCUT2D eigenvalue weighted by atomic mass is 32.2. The van der Waals surface area contributed by atoms with E-state index in [2.05, 4.69) is 39.6 Å². The summed E-state index contributed by atoms with van der Waals surface area (Å²) < 4.78 is 5.43. The van der Waals surface area contributed by atoms with Gasteiger partial charge in [0.05, 0.1) is 18.5 Å². The van der Waals surface area contributed by atoms with Gasteiger partial charge in [-0.05, 0) is 49.4 Å². The van der Waals surface area contributed by atoms with Gasteiger partial charge in [-0.3, -0.25) is 0 Å². The summed E-state index contributed by atoms with van der Waals surface area (Å²) in [6.07, 6.45) is 1.78. The molecule has 4 nitrogen and oxygen atoms in total. The largest absolute Gasteiger partial charge is 0.497 e. The van der Waals surface area contributed by atoms with Gasteiger partial charge in [0.25, 0.3) is 0 Å². The summed E-state index contributed by atoms with van der Waals surface area (Å²) >= 11 is 1.71. The van der Waals surface area contributed by atoms with Crippen molar-refractivity contribution in [2.24, 2.45) is 0 Å². The molecule has 0 aliphatic carbocycles. The number of nitrogens with one attached hydrogen (secondary N) is 1. The lowest BCUT2D eigenvalue weighted by Gasteiger charge is -2.15. The van der Waals surface area contributed by atoms with E-state index in [1.54, 1.807) is 25.1 Å². The molecule has 0 atom stereocenters. The first-order valence-corrected chi connectivity index (χ1v) is 9.45. The molecule has 0 bridgehead atoms. The van der Waals surface area contributed by atoms with Gasteiger partial charge in [0, 0.05) is 33.1 Å². The predicted molar refractivity (Wildman–Crippen MR) is 111 cm³/mol. The van der Waals surface area contributed by atoms with Gasteiger partial charge in [0.15, 0.2) is 5.65 Å². The lowest BCUT2D eigenvalue weighted by molar-refractivity contribution is 0.414. The summed E-state index contributed by atoms with van der Waals surface area (Å²) in [4.78, 5) is 11.2. The molecule has 1 N–H and O–H groups in total. The van der Waals surface area contributed by atoms with Crippen molar-refractivity contribution < 1.29 is 4.74 Å². The monoisotopic (exact) mass is 373 g/mol. The zero-order valence-corrected chi connectivity index (χ0v) is 16.0. The molecule has 4 aromatic rings. The fourth-order valence-corrected chi connectivity index (χ4v) is 3.72. The number of hydrogen-bond acceptors (Lipinski definition) is 5. The molecule has 4 rings (SSSR count). The van der Waals surface area contributed by atoms with E-state index in [-0.39, 0.29) is 0 Å². The number of anilines is 2. The van der Waals surface area contributed by atoms with Gasteiger partial charge in [0.2, 0.25) is 0 Å². The van der Waals surface area contributed by atoms with Crippen LogP contribution in [0.2, 0.25) is 0 Å². The second-order valence-electron chi connectivity index (χ2n) is 6.08. The molecule has 2 aromatic carbocycles. The van der Waals surface area contributed by atoms with Crippen LogP contribution in [0.5, 0.6) is 5.75 Å². The van der Waals surface area contributed by atoms with E-state index in [0.717, 1.165) is 38.7 Å². The molecular weight excluding hydrogens is 354 g/mol. The Hall–Kier alpha value is -3.05. The fourth-order valence-electron chi connectivity index (χ4n) is 2.82. The van der Waals surface area contributed by atoms with E-state index in [9.17, 15) is 0 Å². The molecule has 0 spiro atoms. The summed E-state index contributed by atoms with van der Waals surface area (Å²) in [5, 5.41) is 4.54. The number of rotatable bonds is 5. The van der Waals surface area contributed by atoms with E-state index >= 15 is 0 Å². The maximum absolute atomic E-state index is 5.43. The number of fused-ring (bicyclic) bond motifs is 1. The molecule has 0 aliphatic rings. The van der Waals surface area contributed by atoms with Crippen molar-refractivity contribution in [3.63, 3.8) is 0 Å². The van der Waals surface area contributed by atoms with Gasteiger partial charge in [0.1, 0.15) is 5.75 Å². The topological polar surface area (TPSA) is 47.0 Å². The van der Waals surface area contributed by atoms with Gasteiger partial charge < -0.3 is 10.1 Å². The summed E-state index contributed by atoms with van der Waals surface area (Å²) in [5.41, 5.74) is 3.64. The molecule has 0 aliphatic heterocycles. The van der Waals surface area contributed by atoms with Crippen LogP contribution in [0, 0.1) is 6.92 Å². The second kappa shape index (κ2) is 7.68. The molecule has 0 unspecified atom stereocenters. The Balaban J connectivity index is 1.74. The Morgan fingerprint density at radius 2 is 1.78 bits per heavy atom. The predicted octanol–water partition coefficient (Wildman–Crippen LogP) is 5.84. The van der Waals surface area contributed by atoms with Gasteiger partial charge in [-0.25, -0.2) is 9.97 Å². The SMILES string of the molecule is COc1ccc(Sc2ccccc2)c(Nc2ccnc3nc(C)ccc23)c1. The number of aromatic nitrogens is 2. The molecule has 5 heteroatoms. The van der Waals surface area contributed by atoms with Crippen molar-refractivity contribution in [3.8, 4) is 5.75 Å². The molecule has 0 amide bonds. The van der Waals surface area contributed by atoms with Crippen LogP contribution < -0.4 is 10.1 Å². The smallest absolute Gasteiger partial charge is 0.161 e. The summed E-state index contributed by atoms with van der Waals surface area (Å²) in [7, 11) is 1.68. The Morgan fingerprint density at radius 1 is 0.926 bits per heavy atom. The summed E-state index contributed by atoms with van der Waals surface area (Å²) in [6, 6.07) is 22.4. The molecular formula is C22H19N3OS. The molecule has 134 valence electrons. The van der Waals surface area contributed by atoms with Crippen LogP contribution in [0.4, 0.5) is 11.4 Å². The van der Waals surface area contributed by atoms with Gasteiger partial charge in [-0.2, -0.15) is 0 Å². The molecule has 0 saturated heterocycles. The van der Waals surface area contributed by atoms with Crippen molar-refractivity contribution in [2.45, 2.75) is 16.7 Å². The van der Waals surface area contributed by atoms with Crippen molar-refractivity contribution >= 4 is 34.2 Å². The minimum atomic E-state index is 0.736. The maximum atomic E-state index is 5.43. The van der Waals surface area contributed by atoms with Crippen LogP contribution in [0.3, 0.4) is 0 Å². The lowest BCUT2D eigenvalue weighted by atomic mass is 10.2. The summed E-state index contributed by atoms with van der Waals surface area (Å²) in [6.45, 7) is 1.97. The van der Waals surface area contributed by atoms with E-state index in [0.29, 0.717) is 0 Å². The zero-order valence-electron chi connectivity index (χ0n) is 15.1. The Bertz CT molecular complexity index is 1080. The maximum Gasteiger partial charge on any atom is 0.161 e. The van der Waals surface area contributed by atoms with Crippen molar-refractivity contribution in [1.29, 1.82) is 0 Å². The third-order valence-corrected chi connectivity index (χ3v) is 5.25. The highest BCUT2D eigenvalue weighted by Gasteiger charge is 2.10. The van der Waals surface area contributed by atoms with Crippen molar-refractivity contribution in [3.05, 3.63) is 78.6 Å². The standard InChI is InChI=1S/C22H19N3OS/c1-15-8-10-18-19(12-13-23-22(18)24-15)25-20-14-16(26-2)9-11-21(20)27-17-6-4-3-5-7-17/h3-14H,1-2H3,(H,23,24,25). The third-order valence-electron chi connectivity index (χ3n) is 4.17. The first-order chi connectivity index (χ1) is 13.2. The van der Waals surface area contributed by atoms with E-state index in [1.807, 2.05) is 49.4 Å². The van der Waals surface area contributed by atoms with E-state index in [1.165, 1.54) is 4.90 Å². The number of ether oxygens (including phenoxy) is 1. The normalized spacial score (nSPS) is 10.7. The van der Waals surface area contributed by atoms with Gasteiger partial charge in [-0.1, -0.05) is 30.0 Å². The van der Waals surface area contributed by atoms with Crippen LogP contribution in [0.1, 0.15) is 5.69 Å². The number of aryl methyl sites for hydroxylation is 1. The van der Waals surface area contributed by atoms with Crippen LogP contribution in [0.25, 0.3) is 11.0 Å². The third kappa shape index (κ3) is 3.88. The average Bonchev–Trinajstić information content (AvgIpc) is 2.70. The zero-order chi connectivity index (χ0) is 18.6. The number of pyridine rings is 2. The van der Waals surface area contributed by atoms with Gasteiger partial charge >= 0.3 is 0 Å². The highest BCUT2D eigenvalue weighted by Crippen LogP contribution is 2.38. The van der Waals surface area contributed by atoms with E-state index < -0.39 is 0 Å². The van der Waals surface area contributed by atoms with Gasteiger partial charge in [-0.15, -0.1) is 0 Å². The Labute approximate surface area is 162 Å². The molecule has 0 fully saturated rings. The fraction of sp³-hybridized carbons (Fsp3) is 0.0909. The Morgan fingerprint density at radius 3 is 2.59 bits per heavy atom. The number of benzene rings is 2. The lowest BCUT2D eigenvalue weighted by Crippen LogP contribution is -1.97. The minimum absolute atomic E-state index is 0.736. The minimum Gasteiger partial charge on any atom is -0.497 e. The second-order valence-corrected chi connectivity index (χ2v) is 7.20. The summed E-state index contributed by atoms with van der Waals surface area (Å²) in [5.74, 6) is 0.808. The molecule has 0 saturated carbocycles. The van der Waals surface area contributed by atoms with Crippen LogP contribution in [-0.4, -0.2) is 17.1 Å². The molecule has 0 radical (unpaired) electrons. The van der Waals surface area contributed by atoms with Crippen molar-refractivity contribution in [2.75, 3.05) is 12.4 Å². The first-order valence-electron chi connectivity index (χ1n) is 8.63. The number of methoxy groups -OCH3 is 1. The van der Waals surface area contributed by atoms with Crippen LogP contribution >= 0.6 is 11.8 Å². The van der Waals surface area contributed by atoms with Crippen molar-refractivity contribution in [1.82, 2.24) is 9.97 Å². The van der Waals surface area contributed by atoms with Crippen LogP contribution in [-0.2, 0) is 0 Å². The van der Waals surface area contributed by atoms with E-state index in [4.69, 9.17) is 4.74 Å². The first kappa shape index (κ1) is 17.4. The average molecular weight is 373 g/mol. The molecule has 27 heavy (non-hydrogen) atoms.